The SMILES string of the molecule is CCCCCCc1cc(-c2sc(C(C)C)cc2CCCCCCOc2ccc(/C=C/C(=O)OC)cc2)sc1C(C)C. The van der Waals surface area contributed by atoms with E-state index in [1.165, 1.54) is 79.2 Å². The maximum atomic E-state index is 11.2. The third-order valence-electron chi connectivity index (χ3n) is 7.39. The third kappa shape index (κ3) is 10.8. The van der Waals surface area contributed by atoms with Crippen LogP contribution in [0.2, 0.25) is 0 Å². The molecule has 0 atom stereocenters. The Morgan fingerprint density at radius 2 is 1.51 bits per heavy atom. The minimum Gasteiger partial charge on any atom is -0.494 e. The fraction of sp³-hybridized carbons (Fsp3) is 0.528. The van der Waals surface area contributed by atoms with E-state index in [0.717, 1.165) is 30.8 Å². The molecule has 1 aromatic carbocycles. The molecule has 3 aromatic rings. The second-order valence-electron chi connectivity index (χ2n) is 11.6. The molecule has 2 aromatic heterocycles. The van der Waals surface area contributed by atoms with Crippen LogP contribution in [0, 0.1) is 0 Å². The first-order valence-electron chi connectivity index (χ1n) is 15.6. The Kier molecular flexibility index (Phi) is 14.2. The lowest BCUT2D eigenvalue weighted by Crippen LogP contribution is -1.97. The second kappa shape index (κ2) is 17.6. The van der Waals surface area contributed by atoms with Gasteiger partial charge in [-0.3, -0.25) is 0 Å². The third-order valence-corrected chi connectivity index (χ3v) is 10.5. The van der Waals surface area contributed by atoms with Gasteiger partial charge in [0.2, 0.25) is 0 Å². The van der Waals surface area contributed by atoms with E-state index in [1.807, 2.05) is 46.9 Å². The molecule has 41 heavy (non-hydrogen) atoms. The minimum atomic E-state index is -0.352. The van der Waals surface area contributed by atoms with E-state index >= 15 is 0 Å². The maximum Gasteiger partial charge on any atom is 0.330 e. The Morgan fingerprint density at radius 3 is 2.17 bits per heavy atom. The van der Waals surface area contributed by atoms with Crippen LogP contribution in [0.25, 0.3) is 15.8 Å². The van der Waals surface area contributed by atoms with E-state index in [9.17, 15) is 4.79 Å². The summed E-state index contributed by atoms with van der Waals surface area (Å²) < 4.78 is 10.6. The first-order valence-corrected chi connectivity index (χ1v) is 17.2. The Morgan fingerprint density at radius 1 is 0.829 bits per heavy atom. The molecule has 5 heteroatoms. The topological polar surface area (TPSA) is 35.5 Å². The molecule has 0 N–H and O–H groups in total. The van der Waals surface area contributed by atoms with E-state index in [0.29, 0.717) is 11.8 Å². The number of aryl methyl sites for hydroxylation is 2. The summed E-state index contributed by atoms with van der Waals surface area (Å²) in [4.78, 5) is 17.4. The molecule has 0 spiro atoms. The van der Waals surface area contributed by atoms with Gasteiger partial charge in [0.05, 0.1) is 13.7 Å². The number of hydrogen-bond acceptors (Lipinski definition) is 5. The highest BCUT2D eigenvalue weighted by molar-refractivity contribution is 7.22. The van der Waals surface area contributed by atoms with Crippen LogP contribution in [0.5, 0.6) is 5.75 Å². The summed E-state index contributed by atoms with van der Waals surface area (Å²) in [6.07, 6.45) is 15.5. The molecule has 0 aliphatic heterocycles. The lowest BCUT2D eigenvalue weighted by Gasteiger charge is -2.07. The molecule has 0 saturated carbocycles. The van der Waals surface area contributed by atoms with E-state index in [4.69, 9.17) is 4.74 Å². The van der Waals surface area contributed by atoms with Crippen LogP contribution >= 0.6 is 22.7 Å². The molecule has 0 saturated heterocycles. The summed E-state index contributed by atoms with van der Waals surface area (Å²) in [7, 11) is 1.38. The summed E-state index contributed by atoms with van der Waals surface area (Å²) in [6, 6.07) is 12.8. The smallest absolute Gasteiger partial charge is 0.330 e. The van der Waals surface area contributed by atoms with Crippen LogP contribution in [0.15, 0.2) is 42.5 Å². The van der Waals surface area contributed by atoms with E-state index < -0.39 is 0 Å². The first kappa shape index (κ1) is 33.1. The van der Waals surface area contributed by atoms with Crippen LogP contribution in [-0.2, 0) is 22.4 Å². The molecular formula is C36H50O3S2. The van der Waals surface area contributed by atoms with Gasteiger partial charge in [-0.1, -0.05) is 78.9 Å². The molecule has 2 heterocycles. The van der Waals surface area contributed by atoms with Crippen LogP contribution in [0.1, 0.15) is 124 Å². The number of hydrogen-bond donors (Lipinski definition) is 0. The minimum absolute atomic E-state index is 0.352. The lowest BCUT2D eigenvalue weighted by molar-refractivity contribution is -0.134. The fourth-order valence-electron chi connectivity index (χ4n) is 4.98. The quantitative estimate of drug-likeness (QED) is 0.0835. The van der Waals surface area contributed by atoms with Gasteiger partial charge in [-0.15, -0.1) is 22.7 Å². The van der Waals surface area contributed by atoms with E-state index in [-0.39, 0.29) is 5.97 Å². The van der Waals surface area contributed by atoms with Crippen molar-refractivity contribution in [2.45, 2.75) is 111 Å². The molecule has 0 amide bonds. The Bertz CT molecular complexity index is 1210. The predicted molar refractivity (Wildman–Crippen MR) is 179 cm³/mol. The van der Waals surface area contributed by atoms with Gasteiger partial charge in [0.1, 0.15) is 5.75 Å². The number of ether oxygens (including phenoxy) is 2. The van der Waals surface area contributed by atoms with Crippen molar-refractivity contribution in [2.75, 3.05) is 13.7 Å². The normalized spacial score (nSPS) is 11.7. The predicted octanol–water partition coefficient (Wildman–Crippen LogP) is 11.2. The van der Waals surface area contributed by atoms with Crippen molar-refractivity contribution in [1.82, 2.24) is 0 Å². The summed E-state index contributed by atoms with van der Waals surface area (Å²) in [5.41, 5.74) is 4.08. The Hall–Kier alpha value is -2.37. The number of unbranched alkanes of at least 4 members (excludes halogenated alkanes) is 6. The highest BCUT2D eigenvalue weighted by Crippen LogP contribution is 2.43. The van der Waals surface area contributed by atoms with Crippen molar-refractivity contribution in [3.05, 3.63) is 68.9 Å². The average molecular weight is 595 g/mol. The number of carbonyl (C=O) groups is 1. The molecule has 0 radical (unpaired) electrons. The van der Waals surface area contributed by atoms with Crippen LogP contribution in [0.3, 0.4) is 0 Å². The maximum absolute atomic E-state index is 11.2. The number of thiophene rings is 2. The fourth-order valence-corrected chi connectivity index (χ4v) is 7.54. The number of rotatable bonds is 18. The number of esters is 1. The Balaban J connectivity index is 1.51. The molecule has 0 aliphatic carbocycles. The van der Waals surface area contributed by atoms with Gasteiger partial charge in [0, 0.05) is 25.6 Å². The molecule has 0 aliphatic rings. The zero-order valence-electron chi connectivity index (χ0n) is 26.1. The van der Waals surface area contributed by atoms with Crippen molar-refractivity contribution >= 4 is 34.7 Å². The van der Waals surface area contributed by atoms with E-state index in [2.05, 4.69) is 51.5 Å². The van der Waals surface area contributed by atoms with Crippen LogP contribution in [0.4, 0.5) is 0 Å². The van der Waals surface area contributed by atoms with Crippen molar-refractivity contribution in [2.24, 2.45) is 0 Å². The molecule has 0 bridgehead atoms. The molecule has 0 unspecified atom stereocenters. The summed E-state index contributed by atoms with van der Waals surface area (Å²) in [5.74, 6) is 1.67. The Labute approximate surface area is 257 Å². The van der Waals surface area contributed by atoms with Gasteiger partial charge in [0.25, 0.3) is 0 Å². The largest absolute Gasteiger partial charge is 0.494 e. The summed E-state index contributed by atoms with van der Waals surface area (Å²) in [6.45, 7) is 12.4. The first-order chi connectivity index (χ1) is 19.8. The van der Waals surface area contributed by atoms with Gasteiger partial charge < -0.3 is 9.47 Å². The van der Waals surface area contributed by atoms with Crippen molar-refractivity contribution in [1.29, 1.82) is 0 Å². The van der Waals surface area contributed by atoms with Crippen molar-refractivity contribution in [3.63, 3.8) is 0 Å². The second-order valence-corrected chi connectivity index (χ2v) is 13.7. The summed E-state index contributed by atoms with van der Waals surface area (Å²) >= 11 is 4.07. The zero-order chi connectivity index (χ0) is 29.6. The molecule has 3 nitrogen and oxygen atoms in total. The van der Waals surface area contributed by atoms with Crippen molar-refractivity contribution < 1.29 is 14.3 Å². The number of methoxy groups -OCH3 is 1. The number of carbonyl (C=O) groups excluding carboxylic acids is 1. The van der Waals surface area contributed by atoms with Gasteiger partial charge in [-0.25, -0.2) is 4.79 Å². The van der Waals surface area contributed by atoms with Crippen LogP contribution < -0.4 is 4.74 Å². The van der Waals surface area contributed by atoms with Gasteiger partial charge in [0.15, 0.2) is 0 Å². The summed E-state index contributed by atoms with van der Waals surface area (Å²) in [5, 5.41) is 0. The average Bonchev–Trinajstić information content (AvgIpc) is 3.59. The monoisotopic (exact) mass is 594 g/mol. The highest BCUT2D eigenvalue weighted by atomic mass is 32.1. The van der Waals surface area contributed by atoms with Gasteiger partial charge >= 0.3 is 5.97 Å². The van der Waals surface area contributed by atoms with Crippen molar-refractivity contribution in [3.8, 4) is 15.5 Å². The van der Waals surface area contributed by atoms with E-state index in [1.54, 1.807) is 22.1 Å². The number of benzene rings is 1. The molecule has 224 valence electrons. The molecule has 3 rings (SSSR count). The molecule has 0 fully saturated rings. The zero-order valence-corrected chi connectivity index (χ0v) is 27.7. The highest BCUT2D eigenvalue weighted by Gasteiger charge is 2.18. The molecular weight excluding hydrogens is 545 g/mol. The lowest BCUT2D eigenvalue weighted by atomic mass is 10.0. The standard InChI is InChI=1S/C36H50O3S2/c1-7-8-9-12-15-29-25-33(41-35(29)27(4)5)36-30(24-32(40-36)26(2)3)16-13-10-11-14-23-39-31-20-17-28(18-21-31)19-22-34(37)38-6/h17-22,24-27H,7-16,23H2,1-6H3/b22-19+. The van der Waals surface area contributed by atoms with Gasteiger partial charge in [-0.05, 0) is 91.0 Å². The van der Waals surface area contributed by atoms with Gasteiger partial charge in [-0.2, -0.15) is 0 Å². The van der Waals surface area contributed by atoms with Crippen LogP contribution in [-0.4, -0.2) is 19.7 Å².